The zero-order chi connectivity index (χ0) is 11.6. The lowest BCUT2D eigenvalue weighted by molar-refractivity contribution is -0.274. The summed E-state index contributed by atoms with van der Waals surface area (Å²) in [6.07, 6.45) is -4.64. The summed E-state index contributed by atoms with van der Waals surface area (Å²) in [4.78, 5) is 10.6. The van der Waals surface area contributed by atoms with Gasteiger partial charge in [0, 0.05) is 4.47 Å². The van der Waals surface area contributed by atoms with Gasteiger partial charge in [-0.2, -0.15) is 0 Å². The summed E-state index contributed by atoms with van der Waals surface area (Å²) in [6.45, 7) is 0. The van der Waals surface area contributed by atoms with Crippen molar-refractivity contribution in [1.29, 1.82) is 0 Å². The molecule has 0 aromatic heterocycles. The molecule has 0 heterocycles. The Morgan fingerprint density at radius 3 is 2.47 bits per heavy atom. The van der Waals surface area contributed by atoms with Gasteiger partial charge in [-0.25, -0.2) is 0 Å². The molecule has 1 rings (SSSR count). The van der Waals surface area contributed by atoms with Gasteiger partial charge in [0.1, 0.15) is 0 Å². The first kappa shape index (κ1) is 11.8. The van der Waals surface area contributed by atoms with Gasteiger partial charge in [-0.15, -0.1) is 13.2 Å². The number of carbonyl (C=O) groups excluding carboxylic acids is 1. The SMILES string of the molecule is Nc1ccc(Br)c(C=O)c1OC(F)(F)F. The lowest BCUT2D eigenvalue weighted by Crippen LogP contribution is -2.19. The highest BCUT2D eigenvalue weighted by molar-refractivity contribution is 9.10. The summed E-state index contributed by atoms with van der Waals surface area (Å²) in [6, 6.07) is 2.57. The average Bonchev–Trinajstić information content (AvgIpc) is 2.10. The first-order valence-corrected chi connectivity index (χ1v) is 4.43. The molecule has 1 aromatic rings. The van der Waals surface area contributed by atoms with Crippen molar-refractivity contribution in [2.24, 2.45) is 0 Å². The number of rotatable bonds is 2. The standard InChI is InChI=1S/C8H5BrF3NO2/c9-5-1-2-6(13)7(4(5)3-14)15-8(10,11)12/h1-3H,13H2. The summed E-state index contributed by atoms with van der Waals surface area (Å²) in [7, 11) is 0. The van der Waals surface area contributed by atoms with E-state index in [9.17, 15) is 18.0 Å². The van der Waals surface area contributed by atoms with E-state index in [2.05, 4.69) is 20.7 Å². The molecule has 0 aliphatic carbocycles. The number of aldehydes is 1. The molecule has 7 heteroatoms. The van der Waals surface area contributed by atoms with Crippen LogP contribution < -0.4 is 10.5 Å². The molecule has 0 atom stereocenters. The highest BCUT2D eigenvalue weighted by atomic mass is 79.9. The number of alkyl halides is 3. The molecule has 0 aliphatic heterocycles. The number of nitrogen functional groups attached to an aromatic ring is 1. The largest absolute Gasteiger partial charge is 0.573 e. The smallest absolute Gasteiger partial charge is 0.403 e. The second-order valence-electron chi connectivity index (χ2n) is 2.55. The van der Waals surface area contributed by atoms with Crippen molar-refractivity contribution in [3.05, 3.63) is 22.2 Å². The van der Waals surface area contributed by atoms with Crippen LogP contribution in [0.2, 0.25) is 0 Å². The van der Waals surface area contributed by atoms with Gasteiger partial charge >= 0.3 is 6.36 Å². The van der Waals surface area contributed by atoms with E-state index >= 15 is 0 Å². The Bertz CT molecular complexity index is 392. The highest BCUT2D eigenvalue weighted by Gasteiger charge is 2.33. The van der Waals surface area contributed by atoms with Crippen LogP contribution in [0.3, 0.4) is 0 Å². The molecule has 0 fully saturated rings. The number of carbonyl (C=O) groups is 1. The minimum Gasteiger partial charge on any atom is -0.403 e. The topological polar surface area (TPSA) is 52.3 Å². The molecule has 0 aliphatic rings. The predicted octanol–water partition coefficient (Wildman–Crippen LogP) is 2.74. The van der Waals surface area contributed by atoms with Crippen LogP contribution >= 0.6 is 15.9 Å². The molecule has 0 saturated carbocycles. The van der Waals surface area contributed by atoms with E-state index in [0.29, 0.717) is 0 Å². The van der Waals surface area contributed by atoms with Crippen LogP contribution in [-0.2, 0) is 0 Å². The van der Waals surface area contributed by atoms with Gasteiger partial charge < -0.3 is 10.5 Å². The molecule has 0 unspecified atom stereocenters. The molecule has 0 radical (unpaired) electrons. The van der Waals surface area contributed by atoms with Crippen molar-refractivity contribution in [2.75, 3.05) is 5.73 Å². The van der Waals surface area contributed by atoms with Gasteiger partial charge in [-0.1, -0.05) is 0 Å². The number of hydrogen-bond acceptors (Lipinski definition) is 3. The van der Waals surface area contributed by atoms with Crippen molar-refractivity contribution in [1.82, 2.24) is 0 Å². The Balaban J connectivity index is 3.25. The van der Waals surface area contributed by atoms with E-state index in [1.165, 1.54) is 12.1 Å². The Morgan fingerprint density at radius 2 is 2.00 bits per heavy atom. The summed E-state index contributed by atoms with van der Waals surface area (Å²) in [5.41, 5.74) is 4.75. The lowest BCUT2D eigenvalue weighted by Gasteiger charge is -2.13. The third kappa shape index (κ3) is 2.85. The van der Waals surface area contributed by atoms with E-state index in [1.807, 2.05) is 0 Å². The van der Waals surface area contributed by atoms with Gasteiger partial charge in [-0.3, -0.25) is 4.79 Å². The van der Waals surface area contributed by atoms with Crippen LogP contribution in [0, 0.1) is 0 Å². The Morgan fingerprint density at radius 1 is 1.40 bits per heavy atom. The van der Waals surface area contributed by atoms with Crippen molar-refractivity contribution < 1.29 is 22.7 Å². The van der Waals surface area contributed by atoms with E-state index in [0.717, 1.165) is 0 Å². The van der Waals surface area contributed by atoms with Gasteiger partial charge in [0.2, 0.25) is 0 Å². The third-order valence-corrected chi connectivity index (χ3v) is 2.20. The maximum Gasteiger partial charge on any atom is 0.573 e. The maximum atomic E-state index is 12.0. The maximum absolute atomic E-state index is 12.0. The van der Waals surface area contributed by atoms with E-state index in [1.54, 1.807) is 0 Å². The quantitative estimate of drug-likeness (QED) is 0.671. The van der Waals surface area contributed by atoms with Crippen LogP contribution in [0.5, 0.6) is 5.75 Å². The zero-order valence-corrected chi connectivity index (χ0v) is 8.72. The first-order chi connectivity index (χ1) is 6.85. The number of hydrogen-bond donors (Lipinski definition) is 1. The summed E-state index contributed by atoms with van der Waals surface area (Å²) >= 11 is 2.91. The van der Waals surface area contributed by atoms with Gasteiger partial charge in [0.25, 0.3) is 0 Å². The molecular formula is C8H5BrF3NO2. The molecular weight excluding hydrogens is 279 g/mol. The van der Waals surface area contributed by atoms with Crippen molar-refractivity contribution in [3.63, 3.8) is 0 Å². The predicted molar refractivity (Wildman–Crippen MR) is 50.6 cm³/mol. The fourth-order valence-electron chi connectivity index (χ4n) is 0.932. The number of halogens is 4. The molecule has 1 aromatic carbocycles. The van der Waals surface area contributed by atoms with Crippen molar-refractivity contribution in [3.8, 4) is 5.75 Å². The number of ether oxygens (including phenoxy) is 1. The van der Waals surface area contributed by atoms with Crippen LogP contribution in [0.25, 0.3) is 0 Å². The fraction of sp³-hybridized carbons (Fsp3) is 0.125. The lowest BCUT2D eigenvalue weighted by atomic mass is 10.2. The van der Waals surface area contributed by atoms with Crippen LogP contribution in [0.15, 0.2) is 16.6 Å². The monoisotopic (exact) mass is 283 g/mol. The minimum atomic E-state index is -4.88. The second-order valence-corrected chi connectivity index (χ2v) is 3.40. The van der Waals surface area contributed by atoms with Gasteiger partial charge in [0.05, 0.1) is 11.3 Å². The van der Waals surface area contributed by atoms with E-state index < -0.39 is 12.1 Å². The van der Waals surface area contributed by atoms with E-state index in [-0.39, 0.29) is 22.0 Å². The molecule has 3 nitrogen and oxygen atoms in total. The molecule has 0 bridgehead atoms. The average molecular weight is 284 g/mol. The Labute approximate surface area is 91.1 Å². The molecule has 2 N–H and O–H groups in total. The Hall–Kier alpha value is -1.24. The van der Waals surface area contributed by atoms with Crippen molar-refractivity contribution >= 4 is 27.9 Å². The van der Waals surface area contributed by atoms with Crippen LogP contribution in [0.1, 0.15) is 10.4 Å². The van der Waals surface area contributed by atoms with Gasteiger partial charge in [-0.05, 0) is 28.1 Å². The third-order valence-electron chi connectivity index (χ3n) is 1.51. The number of benzene rings is 1. The van der Waals surface area contributed by atoms with E-state index in [4.69, 9.17) is 5.73 Å². The number of anilines is 1. The van der Waals surface area contributed by atoms with Gasteiger partial charge in [0.15, 0.2) is 12.0 Å². The van der Waals surface area contributed by atoms with Crippen LogP contribution in [-0.4, -0.2) is 12.6 Å². The second kappa shape index (κ2) is 4.09. The van der Waals surface area contributed by atoms with Crippen LogP contribution in [0.4, 0.5) is 18.9 Å². The highest BCUT2D eigenvalue weighted by Crippen LogP contribution is 2.35. The van der Waals surface area contributed by atoms with Crippen molar-refractivity contribution in [2.45, 2.75) is 6.36 Å². The zero-order valence-electron chi connectivity index (χ0n) is 7.14. The summed E-state index contributed by atoms with van der Waals surface area (Å²) in [5, 5.41) is 0. The Kier molecular flexibility index (Phi) is 3.23. The molecule has 0 spiro atoms. The fourth-order valence-corrected chi connectivity index (χ4v) is 1.34. The minimum absolute atomic E-state index is 0.186. The summed E-state index contributed by atoms with van der Waals surface area (Å²) in [5.74, 6) is -0.688. The molecule has 0 saturated heterocycles. The number of nitrogens with two attached hydrogens (primary N) is 1. The molecule has 0 amide bonds. The normalized spacial score (nSPS) is 11.2. The first-order valence-electron chi connectivity index (χ1n) is 3.64. The molecule has 15 heavy (non-hydrogen) atoms. The molecule has 82 valence electrons. The summed E-state index contributed by atoms with van der Waals surface area (Å²) < 4.78 is 39.7.